The summed E-state index contributed by atoms with van der Waals surface area (Å²) >= 11 is 0. The van der Waals surface area contributed by atoms with Gasteiger partial charge in [-0.3, -0.25) is 14.9 Å². The van der Waals surface area contributed by atoms with E-state index < -0.39 is 16.6 Å². The minimum absolute atomic E-state index is 0.0987. The van der Waals surface area contributed by atoms with Gasteiger partial charge in [0, 0.05) is 18.7 Å². The normalized spacial score (nSPS) is 14.2. The van der Waals surface area contributed by atoms with Crippen LogP contribution in [-0.4, -0.2) is 17.4 Å². The van der Waals surface area contributed by atoms with Crippen LogP contribution in [0.15, 0.2) is 12.1 Å². The van der Waals surface area contributed by atoms with Crippen LogP contribution < -0.4 is 5.32 Å². The molecule has 0 atom stereocenters. The standard InChI is InChI=1S/C13H15FN2O3/c1-8-6-10(16(18)19)7-11(12(8)14)13(17)15-5-4-9-2-3-9/h6-7,9H,2-5H2,1H3,(H,15,17). The summed E-state index contributed by atoms with van der Waals surface area (Å²) < 4.78 is 13.8. The maximum atomic E-state index is 13.8. The van der Waals surface area contributed by atoms with Gasteiger partial charge in [-0.2, -0.15) is 0 Å². The number of nitrogens with zero attached hydrogens (tertiary/aromatic N) is 1. The first kappa shape index (κ1) is 13.5. The minimum atomic E-state index is -0.700. The number of aryl methyl sites for hydroxylation is 1. The average Bonchev–Trinajstić information content (AvgIpc) is 3.16. The second kappa shape index (κ2) is 5.34. The van der Waals surface area contributed by atoms with E-state index in [1.807, 2.05) is 0 Å². The van der Waals surface area contributed by atoms with Gasteiger partial charge in [0.1, 0.15) is 5.82 Å². The van der Waals surface area contributed by atoms with Crippen molar-refractivity contribution in [3.05, 3.63) is 39.2 Å². The van der Waals surface area contributed by atoms with Crippen molar-refractivity contribution in [3.63, 3.8) is 0 Å². The van der Waals surface area contributed by atoms with Crippen LogP contribution in [0.2, 0.25) is 0 Å². The molecule has 1 fully saturated rings. The number of non-ortho nitro benzene ring substituents is 1. The van der Waals surface area contributed by atoms with Crippen LogP contribution in [0.5, 0.6) is 0 Å². The van der Waals surface area contributed by atoms with Crippen molar-refractivity contribution in [1.82, 2.24) is 5.32 Å². The van der Waals surface area contributed by atoms with Gasteiger partial charge >= 0.3 is 0 Å². The van der Waals surface area contributed by atoms with E-state index in [1.54, 1.807) is 0 Å². The zero-order chi connectivity index (χ0) is 14.0. The van der Waals surface area contributed by atoms with E-state index in [0.717, 1.165) is 18.6 Å². The molecule has 0 spiro atoms. The molecule has 0 radical (unpaired) electrons. The van der Waals surface area contributed by atoms with Crippen LogP contribution in [0, 0.1) is 28.8 Å². The van der Waals surface area contributed by atoms with Gasteiger partial charge in [-0.25, -0.2) is 4.39 Å². The lowest BCUT2D eigenvalue weighted by atomic mass is 10.1. The highest BCUT2D eigenvalue weighted by atomic mass is 19.1. The number of amides is 1. The van der Waals surface area contributed by atoms with Gasteiger partial charge in [0.05, 0.1) is 10.5 Å². The number of nitro benzene ring substituents is 1. The number of nitrogens with one attached hydrogen (secondary N) is 1. The van der Waals surface area contributed by atoms with Crippen molar-refractivity contribution in [2.24, 2.45) is 5.92 Å². The number of rotatable bonds is 5. The second-order valence-corrected chi connectivity index (χ2v) is 4.87. The largest absolute Gasteiger partial charge is 0.352 e. The third-order valence-corrected chi connectivity index (χ3v) is 3.23. The van der Waals surface area contributed by atoms with Crippen LogP contribution in [0.1, 0.15) is 35.2 Å². The zero-order valence-corrected chi connectivity index (χ0v) is 10.6. The van der Waals surface area contributed by atoms with Crippen LogP contribution in [-0.2, 0) is 0 Å². The van der Waals surface area contributed by atoms with Gasteiger partial charge in [-0.15, -0.1) is 0 Å². The Bertz CT molecular complexity index is 527. The van der Waals surface area contributed by atoms with E-state index in [1.165, 1.54) is 19.8 Å². The van der Waals surface area contributed by atoms with Gasteiger partial charge in [-0.05, 0) is 24.8 Å². The molecule has 102 valence electrons. The van der Waals surface area contributed by atoms with Crippen LogP contribution in [0.4, 0.5) is 10.1 Å². The summed E-state index contributed by atoms with van der Waals surface area (Å²) in [5.74, 6) is -0.628. The Labute approximate surface area is 110 Å². The molecule has 1 aromatic rings. The molecule has 1 N–H and O–H groups in total. The Morgan fingerprint density at radius 3 is 2.79 bits per heavy atom. The highest BCUT2D eigenvalue weighted by molar-refractivity contribution is 5.95. The second-order valence-electron chi connectivity index (χ2n) is 4.87. The number of hydrogen-bond acceptors (Lipinski definition) is 3. The summed E-state index contributed by atoms with van der Waals surface area (Å²) in [6.07, 6.45) is 3.24. The predicted molar refractivity (Wildman–Crippen MR) is 67.5 cm³/mol. The number of benzene rings is 1. The summed E-state index contributed by atoms with van der Waals surface area (Å²) in [6.45, 7) is 1.88. The van der Waals surface area contributed by atoms with E-state index >= 15 is 0 Å². The Hall–Kier alpha value is -1.98. The van der Waals surface area contributed by atoms with E-state index in [-0.39, 0.29) is 16.8 Å². The maximum Gasteiger partial charge on any atom is 0.270 e. The van der Waals surface area contributed by atoms with Crippen LogP contribution in [0.25, 0.3) is 0 Å². The van der Waals surface area contributed by atoms with Gasteiger partial charge < -0.3 is 5.32 Å². The molecule has 2 rings (SSSR count). The van der Waals surface area contributed by atoms with Gasteiger partial charge in [0.2, 0.25) is 0 Å². The van der Waals surface area contributed by atoms with Crippen LogP contribution >= 0.6 is 0 Å². The number of carbonyl (C=O) groups is 1. The molecule has 1 aromatic carbocycles. The van der Waals surface area contributed by atoms with Crippen LogP contribution in [0.3, 0.4) is 0 Å². The summed E-state index contributed by atoms with van der Waals surface area (Å²) in [5, 5.41) is 13.3. The fourth-order valence-corrected chi connectivity index (χ4v) is 1.91. The molecule has 1 aliphatic carbocycles. The van der Waals surface area contributed by atoms with Crippen molar-refractivity contribution in [2.45, 2.75) is 26.2 Å². The lowest BCUT2D eigenvalue weighted by molar-refractivity contribution is -0.385. The molecule has 1 amide bonds. The molecular formula is C13H15FN2O3. The van der Waals surface area contributed by atoms with Gasteiger partial charge in [0.15, 0.2) is 0 Å². The molecule has 5 nitrogen and oxygen atoms in total. The van der Waals surface area contributed by atoms with Gasteiger partial charge in [-0.1, -0.05) is 12.8 Å². The SMILES string of the molecule is Cc1cc([N+](=O)[O-])cc(C(=O)NCCC2CC2)c1F. The monoisotopic (exact) mass is 266 g/mol. The Kier molecular flexibility index (Phi) is 3.78. The van der Waals surface area contributed by atoms with Crippen molar-refractivity contribution < 1.29 is 14.1 Å². The van der Waals surface area contributed by atoms with Crippen molar-refractivity contribution in [3.8, 4) is 0 Å². The highest BCUT2D eigenvalue weighted by Gasteiger charge is 2.22. The molecule has 0 aromatic heterocycles. The first-order valence-electron chi connectivity index (χ1n) is 6.21. The zero-order valence-electron chi connectivity index (χ0n) is 10.6. The molecule has 0 aliphatic heterocycles. The third-order valence-electron chi connectivity index (χ3n) is 3.23. The summed E-state index contributed by atoms with van der Waals surface area (Å²) in [7, 11) is 0. The summed E-state index contributed by atoms with van der Waals surface area (Å²) in [4.78, 5) is 21.9. The number of halogens is 1. The molecule has 6 heteroatoms. The minimum Gasteiger partial charge on any atom is -0.352 e. The topological polar surface area (TPSA) is 72.2 Å². The molecule has 0 unspecified atom stereocenters. The molecule has 1 saturated carbocycles. The number of carbonyl (C=O) groups excluding carboxylic acids is 1. The Balaban J connectivity index is 2.11. The molecule has 0 saturated heterocycles. The first-order chi connectivity index (χ1) is 8.99. The molecule has 0 heterocycles. The lowest BCUT2D eigenvalue weighted by Crippen LogP contribution is -2.26. The molecule has 19 heavy (non-hydrogen) atoms. The van der Waals surface area contributed by atoms with E-state index in [2.05, 4.69) is 5.32 Å². The Morgan fingerprint density at radius 1 is 1.53 bits per heavy atom. The summed E-state index contributed by atoms with van der Waals surface area (Å²) in [5.41, 5.74) is -0.435. The Morgan fingerprint density at radius 2 is 2.21 bits per heavy atom. The van der Waals surface area contributed by atoms with E-state index in [0.29, 0.717) is 12.5 Å². The summed E-state index contributed by atoms with van der Waals surface area (Å²) in [6, 6.07) is 2.10. The molecule has 1 aliphatic rings. The first-order valence-corrected chi connectivity index (χ1v) is 6.21. The highest BCUT2D eigenvalue weighted by Crippen LogP contribution is 2.31. The third kappa shape index (κ3) is 3.27. The maximum absolute atomic E-state index is 13.8. The average molecular weight is 266 g/mol. The molecule has 0 bridgehead atoms. The smallest absolute Gasteiger partial charge is 0.270 e. The van der Waals surface area contributed by atoms with Crippen molar-refractivity contribution in [2.75, 3.05) is 6.54 Å². The molecular weight excluding hydrogens is 251 g/mol. The predicted octanol–water partition coefficient (Wildman–Crippen LogP) is 2.57. The lowest BCUT2D eigenvalue weighted by Gasteiger charge is -2.07. The van der Waals surface area contributed by atoms with E-state index in [4.69, 9.17) is 0 Å². The van der Waals surface area contributed by atoms with Crippen molar-refractivity contribution in [1.29, 1.82) is 0 Å². The van der Waals surface area contributed by atoms with Gasteiger partial charge in [0.25, 0.3) is 11.6 Å². The fraction of sp³-hybridized carbons (Fsp3) is 0.462. The van der Waals surface area contributed by atoms with Crippen molar-refractivity contribution >= 4 is 11.6 Å². The number of nitro groups is 1. The quantitative estimate of drug-likeness (QED) is 0.657. The number of hydrogen-bond donors (Lipinski definition) is 1. The van der Waals surface area contributed by atoms with E-state index in [9.17, 15) is 19.3 Å². The fourth-order valence-electron chi connectivity index (χ4n) is 1.91.